The number of aryl methyl sites for hydroxylation is 1. The third-order valence-corrected chi connectivity index (χ3v) is 3.24. The van der Waals surface area contributed by atoms with Crippen molar-refractivity contribution in [1.82, 2.24) is 14.5 Å². The van der Waals surface area contributed by atoms with Gasteiger partial charge in [-0.3, -0.25) is 9.78 Å². The van der Waals surface area contributed by atoms with E-state index in [-0.39, 0.29) is 5.56 Å². The van der Waals surface area contributed by atoms with Gasteiger partial charge in [-0.1, -0.05) is 6.92 Å². The Balaban J connectivity index is 2.03. The van der Waals surface area contributed by atoms with E-state index in [1.165, 1.54) is 0 Å². The molecule has 0 fully saturated rings. The standard InChI is InChI=1S/C15H15N3O/c1-2-12-8-13-14(17-15(12)19)7-11(9-16-13)10-18-5-3-4-6-18/h3-9H,2,10H2,1H3,(H,17,19). The fourth-order valence-corrected chi connectivity index (χ4v) is 2.20. The van der Waals surface area contributed by atoms with Crippen LogP contribution in [-0.4, -0.2) is 14.5 Å². The highest BCUT2D eigenvalue weighted by atomic mass is 16.1. The van der Waals surface area contributed by atoms with E-state index in [1.807, 2.05) is 49.8 Å². The van der Waals surface area contributed by atoms with Crippen LogP contribution in [0.5, 0.6) is 0 Å². The van der Waals surface area contributed by atoms with Gasteiger partial charge in [-0.15, -0.1) is 0 Å². The third-order valence-electron chi connectivity index (χ3n) is 3.24. The molecule has 3 rings (SSSR count). The number of aromatic nitrogens is 3. The summed E-state index contributed by atoms with van der Waals surface area (Å²) in [6.07, 6.45) is 6.60. The zero-order valence-corrected chi connectivity index (χ0v) is 10.8. The zero-order chi connectivity index (χ0) is 13.2. The van der Waals surface area contributed by atoms with Gasteiger partial charge in [0.1, 0.15) is 0 Å². The predicted octanol–water partition coefficient (Wildman–Crippen LogP) is 2.34. The quantitative estimate of drug-likeness (QED) is 0.779. The Hall–Kier alpha value is -2.36. The average Bonchev–Trinajstić information content (AvgIpc) is 2.90. The summed E-state index contributed by atoms with van der Waals surface area (Å²) >= 11 is 0. The van der Waals surface area contributed by atoms with Crippen molar-refractivity contribution in [2.24, 2.45) is 0 Å². The zero-order valence-electron chi connectivity index (χ0n) is 10.8. The summed E-state index contributed by atoms with van der Waals surface area (Å²) in [5.41, 5.74) is 3.47. The van der Waals surface area contributed by atoms with Crippen LogP contribution in [0.1, 0.15) is 18.1 Å². The van der Waals surface area contributed by atoms with Crippen LogP contribution in [0.4, 0.5) is 0 Å². The van der Waals surface area contributed by atoms with Crippen LogP contribution in [0.15, 0.2) is 47.7 Å². The normalized spacial score (nSPS) is 11.0. The number of hydrogen-bond donors (Lipinski definition) is 1. The molecule has 0 unspecified atom stereocenters. The van der Waals surface area contributed by atoms with Crippen molar-refractivity contribution in [1.29, 1.82) is 0 Å². The molecule has 0 aliphatic carbocycles. The van der Waals surface area contributed by atoms with Crippen LogP contribution in [0.25, 0.3) is 11.0 Å². The largest absolute Gasteiger partial charge is 0.350 e. The molecule has 0 bridgehead atoms. The number of fused-ring (bicyclic) bond motifs is 1. The summed E-state index contributed by atoms with van der Waals surface area (Å²) in [6.45, 7) is 2.73. The summed E-state index contributed by atoms with van der Waals surface area (Å²) in [5, 5.41) is 0. The van der Waals surface area contributed by atoms with E-state index in [2.05, 4.69) is 14.5 Å². The molecule has 0 saturated carbocycles. The molecule has 1 N–H and O–H groups in total. The van der Waals surface area contributed by atoms with Crippen LogP contribution in [0, 0.1) is 0 Å². The van der Waals surface area contributed by atoms with Crippen LogP contribution in [-0.2, 0) is 13.0 Å². The van der Waals surface area contributed by atoms with E-state index in [0.717, 1.165) is 35.1 Å². The summed E-state index contributed by atoms with van der Waals surface area (Å²) in [4.78, 5) is 19.1. The Morgan fingerprint density at radius 3 is 2.79 bits per heavy atom. The number of nitrogens with zero attached hydrogens (tertiary/aromatic N) is 2. The van der Waals surface area contributed by atoms with Crippen molar-refractivity contribution in [2.45, 2.75) is 19.9 Å². The maximum absolute atomic E-state index is 11.8. The van der Waals surface area contributed by atoms with E-state index >= 15 is 0 Å². The SMILES string of the molecule is CCc1cc2ncc(Cn3cccc3)cc2[nH]c1=O. The fourth-order valence-electron chi connectivity index (χ4n) is 2.20. The van der Waals surface area contributed by atoms with Gasteiger partial charge in [0.05, 0.1) is 11.0 Å². The molecule has 0 saturated heterocycles. The van der Waals surface area contributed by atoms with E-state index < -0.39 is 0 Å². The second-order valence-corrected chi connectivity index (χ2v) is 4.61. The number of pyridine rings is 2. The molecule has 3 aromatic heterocycles. The second-order valence-electron chi connectivity index (χ2n) is 4.61. The molecular weight excluding hydrogens is 238 g/mol. The van der Waals surface area contributed by atoms with Gasteiger partial charge in [-0.05, 0) is 36.2 Å². The van der Waals surface area contributed by atoms with Crippen LogP contribution < -0.4 is 5.56 Å². The molecule has 4 heteroatoms. The molecule has 0 amide bonds. The Bertz CT molecular complexity index is 757. The highest BCUT2D eigenvalue weighted by Gasteiger charge is 2.03. The monoisotopic (exact) mass is 253 g/mol. The summed E-state index contributed by atoms with van der Waals surface area (Å²) in [5.74, 6) is 0. The summed E-state index contributed by atoms with van der Waals surface area (Å²) < 4.78 is 2.07. The smallest absolute Gasteiger partial charge is 0.251 e. The molecule has 96 valence electrons. The number of aromatic amines is 1. The maximum Gasteiger partial charge on any atom is 0.251 e. The molecule has 4 nitrogen and oxygen atoms in total. The van der Waals surface area contributed by atoms with E-state index in [0.29, 0.717) is 0 Å². The molecule has 3 heterocycles. The topological polar surface area (TPSA) is 50.7 Å². The Morgan fingerprint density at radius 1 is 1.26 bits per heavy atom. The lowest BCUT2D eigenvalue weighted by atomic mass is 10.1. The minimum Gasteiger partial charge on any atom is -0.350 e. The lowest BCUT2D eigenvalue weighted by Crippen LogP contribution is -2.12. The molecule has 0 spiro atoms. The number of hydrogen-bond acceptors (Lipinski definition) is 2. The van der Waals surface area contributed by atoms with E-state index in [4.69, 9.17) is 0 Å². The van der Waals surface area contributed by atoms with Crippen molar-refractivity contribution in [3.05, 3.63) is 64.3 Å². The van der Waals surface area contributed by atoms with Gasteiger partial charge in [-0.2, -0.15) is 0 Å². The number of nitrogens with one attached hydrogen (secondary N) is 1. The van der Waals surface area contributed by atoms with Gasteiger partial charge in [0.25, 0.3) is 5.56 Å². The van der Waals surface area contributed by atoms with Crippen molar-refractivity contribution >= 4 is 11.0 Å². The minimum absolute atomic E-state index is 0.0186. The van der Waals surface area contributed by atoms with E-state index in [9.17, 15) is 4.79 Å². The fraction of sp³-hybridized carbons (Fsp3) is 0.200. The molecule has 0 aromatic carbocycles. The lowest BCUT2D eigenvalue weighted by molar-refractivity contribution is 0.803. The minimum atomic E-state index is -0.0186. The molecule has 19 heavy (non-hydrogen) atoms. The molecule has 3 aromatic rings. The number of rotatable bonds is 3. The van der Waals surface area contributed by atoms with E-state index in [1.54, 1.807) is 0 Å². The predicted molar refractivity (Wildman–Crippen MR) is 75.3 cm³/mol. The Kier molecular flexibility index (Phi) is 2.91. The molecule has 0 atom stereocenters. The lowest BCUT2D eigenvalue weighted by Gasteiger charge is -2.05. The molecule has 0 radical (unpaired) electrons. The Labute approximate surface area is 110 Å². The first kappa shape index (κ1) is 11.7. The highest BCUT2D eigenvalue weighted by molar-refractivity contribution is 5.74. The first-order chi connectivity index (χ1) is 9.26. The molecular formula is C15H15N3O. The van der Waals surface area contributed by atoms with Crippen molar-refractivity contribution in [3.8, 4) is 0 Å². The maximum atomic E-state index is 11.8. The average molecular weight is 253 g/mol. The third kappa shape index (κ3) is 2.29. The van der Waals surface area contributed by atoms with Gasteiger partial charge in [0.2, 0.25) is 0 Å². The van der Waals surface area contributed by atoms with Crippen molar-refractivity contribution < 1.29 is 0 Å². The second kappa shape index (κ2) is 4.72. The Morgan fingerprint density at radius 2 is 2.05 bits per heavy atom. The van der Waals surface area contributed by atoms with Gasteiger partial charge < -0.3 is 9.55 Å². The van der Waals surface area contributed by atoms with Gasteiger partial charge in [0, 0.05) is 30.7 Å². The molecule has 0 aliphatic heterocycles. The van der Waals surface area contributed by atoms with Gasteiger partial charge in [-0.25, -0.2) is 0 Å². The van der Waals surface area contributed by atoms with Crippen LogP contribution in [0.2, 0.25) is 0 Å². The van der Waals surface area contributed by atoms with Crippen molar-refractivity contribution in [2.75, 3.05) is 0 Å². The highest BCUT2D eigenvalue weighted by Crippen LogP contribution is 2.12. The van der Waals surface area contributed by atoms with Crippen LogP contribution >= 0.6 is 0 Å². The first-order valence-corrected chi connectivity index (χ1v) is 6.38. The van der Waals surface area contributed by atoms with Crippen molar-refractivity contribution in [3.63, 3.8) is 0 Å². The molecule has 0 aliphatic rings. The van der Waals surface area contributed by atoms with Gasteiger partial charge in [0.15, 0.2) is 0 Å². The van der Waals surface area contributed by atoms with Crippen LogP contribution in [0.3, 0.4) is 0 Å². The first-order valence-electron chi connectivity index (χ1n) is 6.38. The van der Waals surface area contributed by atoms with Gasteiger partial charge >= 0.3 is 0 Å². The number of H-pyrrole nitrogens is 1. The summed E-state index contributed by atoms with van der Waals surface area (Å²) in [6, 6.07) is 7.84. The summed E-state index contributed by atoms with van der Waals surface area (Å²) in [7, 11) is 0.